The van der Waals surface area contributed by atoms with Gasteiger partial charge in [-0.2, -0.15) is 0 Å². The van der Waals surface area contributed by atoms with Gasteiger partial charge >= 0.3 is 0 Å². The van der Waals surface area contributed by atoms with Crippen molar-refractivity contribution in [2.45, 2.75) is 33.3 Å². The maximum Gasteiger partial charge on any atom is 0.131 e. The summed E-state index contributed by atoms with van der Waals surface area (Å²) in [6.45, 7) is 7.19. The third-order valence-electron chi connectivity index (χ3n) is 2.72. The molecule has 1 aromatic rings. The van der Waals surface area contributed by atoms with Gasteiger partial charge in [0.1, 0.15) is 11.6 Å². The van der Waals surface area contributed by atoms with Crippen LogP contribution in [0.4, 0.5) is 8.78 Å². The van der Waals surface area contributed by atoms with Crippen LogP contribution in [0.2, 0.25) is 0 Å². The van der Waals surface area contributed by atoms with E-state index in [1.165, 1.54) is 6.07 Å². The molecule has 0 aliphatic heterocycles. The Morgan fingerprint density at radius 1 is 1.22 bits per heavy atom. The lowest BCUT2D eigenvalue weighted by atomic mass is 9.92. The molecular formula is C14H21F2NO. The molecule has 0 amide bonds. The summed E-state index contributed by atoms with van der Waals surface area (Å²) < 4.78 is 26.7. The lowest BCUT2D eigenvalue weighted by Gasteiger charge is -2.19. The Labute approximate surface area is 107 Å². The Morgan fingerprint density at radius 2 is 1.78 bits per heavy atom. The summed E-state index contributed by atoms with van der Waals surface area (Å²) in [6.07, 6.45) is -0.231. The molecule has 0 aliphatic carbocycles. The van der Waals surface area contributed by atoms with Crippen LogP contribution in [0, 0.1) is 17.0 Å². The molecule has 2 N–H and O–H groups in total. The number of hydrogen-bond donors (Lipinski definition) is 2. The molecule has 0 fully saturated rings. The second-order valence-corrected chi connectivity index (χ2v) is 5.67. The highest BCUT2D eigenvalue weighted by molar-refractivity contribution is 5.22. The van der Waals surface area contributed by atoms with Gasteiger partial charge in [-0.15, -0.1) is 0 Å². The normalized spacial score (nSPS) is 13.7. The van der Waals surface area contributed by atoms with Gasteiger partial charge in [-0.25, -0.2) is 8.78 Å². The van der Waals surface area contributed by atoms with Crippen LogP contribution in [0.1, 0.15) is 38.9 Å². The molecule has 0 aromatic heterocycles. The average molecular weight is 257 g/mol. The summed E-state index contributed by atoms with van der Waals surface area (Å²) in [5.41, 5.74) is -0.0676. The van der Waals surface area contributed by atoms with E-state index in [9.17, 15) is 13.9 Å². The van der Waals surface area contributed by atoms with E-state index >= 15 is 0 Å². The summed E-state index contributed by atoms with van der Waals surface area (Å²) in [4.78, 5) is 0. The Bertz CT molecular complexity index is 368. The summed E-state index contributed by atoms with van der Waals surface area (Å²) in [5.74, 6) is -1.42. The van der Waals surface area contributed by atoms with Crippen molar-refractivity contribution in [1.82, 2.24) is 5.32 Å². The van der Waals surface area contributed by atoms with Gasteiger partial charge in [-0.05, 0) is 30.5 Å². The van der Waals surface area contributed by atoms with Gasteiger partial charge in [0.15, 0.2) is 0 Å². The van der Waals surface area contributed by atoms with Crippen molar-refractivity contribution in [2.24, 2.45) is 5.41 Å². The Hall–Kier alpha value is -1.00. The first-order valence-corrected chi connectivity index (χ1v) is 6.14. The Kier molecular flexibility index (Phi) is 5.23. The van der Waals surface area contributed by atoms with Crippen LogP contribution in [-0.2, 0) is 0 Å². The maximum atomic E-state index is 13.4. The third-order valence-corrected chi connectivity index (χ3v) is 2.72. The van der Waals surface area contributed by atoms with E-state index < -0.39 is 17.7 Å². The zero-order chi connectivity index (χ0) is 13.8. The van der Waals surface area contributed by atoms with E-state index in [1.54, 1.807) is 0 Å². The molecule has 0 saturated carbocycles. The molecular weight excluding hydrogens is 236 g/mol. The van der Waals surface area contributed by atoms with Crippen LogP contribution in [0.15, 0.2) is 18.2 Å². The molecule has 0 aliphatic rings. The van der Waals surface area contributed by atoms with Crippen molar-refractivity contribution in [2.75, 3.05) is 13.1 Å². The second-order valence-electron chi connectivity index (χ2n) is 5.67. The van der Waals surface area contributed by atoms with E-state index in [2.05, 4.69) is 26.1 Å². The topological polar surface area (TPSA) is 32.3 Å². The van der Waals surface area contributed by atoms with Gasteiger partial charge < -0.3 is 10.4 Å². The quantitative estimate of drug-likeness (QED) is 0.795. The highest BCUT2D eigenvalue weighted by atomic mass is 19.1. The minimum Gasteiger partial charge on any atom is -0.387 e. The lowest BCUT2D eigenvalue weighted by molar-refractivity contribution is 0.163. The van der Waals surface area contributed by atoms with Gasteiger partial charge in [0, 0.05) is 6.54 Å². The first-order valence-electron chi connectivity index (χ1n) is 6.14. The molecule has 1 rings (SSSR count). The van der Waals surface area contributed by atoms with Crippen molar-refractivity contribution in [1.29, 1.82) is 0 Å². The molecule has 2 nitrogen and oxygen atoms in total. The molecule has 0 saturated heterocycles. The molecule has 0 radical (unpaired) electrons. The van der Waals surface area contributed by atoms with Crippen molar-refractivity contribution < 1.29 is 13.9 Å². The van der Waals surface area contributed by atoms with Crippen molar-refractivity contribution in [3.05, 3.63) is 35.4 Å². The fraction of sp³-hybridized carbons (Fsp3) is 0.571. The fourth-order valence-electron chi connectivity index (χ4n) is 1.63. The minimum absolute atomic E-state index is 0.147. The smallest absolute Gasteiger partial charge is 0.131 e. The minimum atomic E-state index is -1.16. The summed E-state index contributed by atoms with van der Waals surface area (Å²) in [7, 11) is 0. The van der Waals surface area contributed by atoms with Crippen molar-refractivity contribution in [3.63, 3.8) is 0 Å². The molecule has 18 heavy (non-hydrogen) atoms. The Balaban J connectivity index is 2.48. The van der Waals surface area contributed by atoms with Crippen LogP contribution in [0.25, 0.3) is 0 Å². The highest BCUT2D eigenvalue weighted by Gasteiger charge is 2.17. The summed E-state index contributed by atoms with van der Waals surface area (Å²) in [6, 6.07) is 3.58. The van der Waals surface area contributed by atoms with Gasteiger partial charge in [-0.3, -0.25) is 0 Å². The number of halogens is 2. The van der Waals surface area contributed by atoms with E-state index in [0.717, 1.165) is 18.6 Å². The van der Waals surface area contributed by atoms with Gasteiger partial charge in [0.2, 0.25) is 0 Å². The van der Waals surface area contributed by atoms with Crippen LogP contribution in [0.3, 0.4) is 0 Å². The first kappa shape index (κ1) is 15.1. The molecule has 1 aromatic carbocycles. The maximum absolute atomic E-state index is 13.4. The van der Waals surface area contributed by atoms with Crippen LogP contribution >= 0.6 is 0 Å². The predicted molar refractivity (Wildman–Crippen MR) is 68.3 cm³/mol. The highest BCUT2D eigenvalue weighted by Crippen LogP contribution is 2.20. The standard InChI is InChI=1S/C14H21F2NO/c1-14(2,3)7-8-17-9-12(18)13-10(15)5-4-6-11(13)16/h4-6,12,17-18H,7-9H2,1-3H3. The third kappa shape index (κ3) is 4.70. The number of hydrogen-bond acceptors (Lipinski definition) is 2. The van der Waals surface area contributed by atoms with Crippen LogP contribution in [0.5, 0.6) is 0 Å². The van der Waals surface area contributed by atoms with E-state index in [1.807, 2.05) is 0 Å². The molecule has 0 spiro atoms. The monoisotopic (exact) mass is 257 g/mol. The second kappa shape index (κ2) is 6.25. The zero-order valence-electron chi connectivity index (χ0n) is 11.1. The molecule has 1 unspecified atom stereocenters. The Morgan fingerprint density at radius 3 is 2.28 bits per heavy atom. The van der Waals surface area contributed by atoms with Gasteiger partial charge in [0.05, 0.1) is 11.7 Å². The number of rotatable bonds is 5. The summed E-state index contributed by atoms with van der Waals surface area (Å²) >= 11 is 0. The average Bonchev–Trinajstić information content (AvgIpc) is 2.23. The van der Waals surface area contributed by atoms with Crippen molar-refractivity contribution in [3.8, 4) is 0 Å². The molecule has 102 valence electrons. The SMILES string of the molecule is CC(C)(C)CCNCC(O)c1c(F)cccc1F. The van der Waals surface area contributed by atoms with Gasteiger partial charge in [-0.1, -0.05) is 26.8 Å². The number of aliphatic hydroxyl groups is 1. The molecule has 4 heteroatoms. The van der Waals surface area contributed by atoms with E-state index in [0.29, 0.717) is 6.54 Å². The van der Waals surface area contributed by atoms with Crippen molar-refractivity contribution >= 4 is 0 Å². The number of benzene rings is 1. The number of aliphatic hydroxyl groups excluding tert-OH is 1. The number of nitrogens with one attached hydrogen (secondary N) is 1. The van der Waals surface area contributed by atoms with E-state index in [-0.39, 0.29) is 17.5 Å². The molecule has 0 heterocycles. The van der Waals surface area contributed by atoms with Crippen LogP contribution < -0.4 is 5.32 Å². The summed E-state index contributed by atoms with van der Waals surface area (Å²) in [5, 5.41) is 12.8. The molecule has 1 atom stereocenters. The van der Waals surface area contributed by atoms with E-state index in [4.69, 9.17) is 0 Å². The van der Waals surface area contributed by atoms with Gasteiger partial charge in [0.25, 0.3) is 0 Å². The predicted octanol–water partition coefficient (Wildman–Crippen LogP) is 3.02. The zero-order valence-corrected chi connectivity index (χ0v) is 11.1. The molecule has 0 bridgehead atoms. The fourth-order valence-corrected chi connectivity index (χ4v) is 1.63. The first-order chi connectivity index (χ1) is 8.31. The lowest BCUT2D eigenvalue weighted by Crippen LogP contribution is -2.26. The van der Waals surface area contributed by atoms with Crippen LogP contribution in [-0.4, -0.2) is 18.2 Å². The largest absolute Gasteiger partial charge is 0.387 e.